The average molecular weight is 362 g/mol. The predicted molar refractivity (Wildman–Crippen MR) is 87.4 cm³/mol. The Labute approximate surface area is 134 Å². The highest BCUT2D eigenvalue weighted by atomic mass is 79.9. The van der Waals surface area contributed by atoms with Crippen LogP contribution in [0.1, 0.15) is 24.9 Å². The second kappa shape index (κ2) is 7.76. The second-order valence-corrected chi connectivity index (χ2v) is 6.38. The number of hydrogen-bond acceptors (Lipinski definition) is 3. The summed E-state index contributed by atoms with van der Waals surface area (Å²) in [6.07, 6.45) is 1.32. The summed E-state index contributed by atoms with van der Waals surface area (Å²) in [4.78, 5) is 2.52. The van der Waals surface area contributed by atoms with E-state index in [4.69, 9.17) is 16.3 Å². The van der Waals surface area contributed by atoms with E-state index in [0.717, 1.165) is 42.2 Å². The number of morpholine rings is 1. The average Bonchev–Trinajstić information content (AvgIpc) is 2.43. The number of hydrogen-bond donors (Lipinski definition) is 1. The van der Waals surface area contributed by atoms with Gasteiger partial charge in [-0.05, 0) is 53.6 Å². The molecular formula is C15H22BrClN2O. The fraction of sp³-hybridized carbons (Fsp3) is 0.600. The lowest BCUT2D eigenvalue weighted by molar-refractivity contribution is -0.0704. The maximum Gasteiger partial charge on any atom is 0.0896 e. The fourth-order valence-electron chi connectivity index (χ4n) is 2.82. The molecule has 1 aliphatic heterocycles. The van der Waals surface area contributed by atoms with Crippen molar-refractivity contribution in [2.24, 2.45) is 0 Å². The third kappa shape index (κ3) is 3.74. The molecule has 2 atom stereocenters. The molecule has 0 radical (unpaired) electrons. The summed E-state index contributed by atoms with van der Waals surface area (Å²) in [5.74, 6) is 0. The number of halogens is 2. The van der Waals surface area contributed by atoms with Gasteiger partial charge in [-0.3, -0.25) is 4.90 Å². The van der Waals surface area contributed by atoms with Gasteiger partial charge in [-0.2, -0.15) is 0 Å². The topological polar surface area (TPSA) is 24.5 Å². The van der Waals surface area contributed by atoms with Gasteiger partial charge in [-0.1, -0.05) is 24.6 Å². The number of rotatable bonds is 5. The van der Waals surface area contributed by atoms with Crippen LogP contribution in [0, 0.1) is 0 Å². The number of ether oxygens (including phenoxy) is 1. The van der Waals surface area contributed by atoms with E-state index < -0.39 is 0 Å². The minimum absolute atomic E-state index is 0.174. The predicted octanol–water partition coefficient (Wildman–Crippen LogP) is 3.47. The Kier molecular flexibility index (Phi) is 6.30. The van der Waals surface area contributed by atoms with Crippen LogP contribution >= 0.6 is 27.5 Å². The molecule has 1 saturated heterocycles. The zero-order valence-corrected chi connectivity index (χ0v) is 14.4. The highest BCUT2D eigenvalue weighted by Gasteiger charge is 2.32. The summed E-state index contributed by atoms with van der Waals surface area (Å²) in [7, 11) is 1.97. The monoisotopic (exact) mass is 360 g/mol. The number of likely N-dealkylation sites (N-methyl/N-ethyl adjacent to an activating group) is 1. The summed E-state index contributed by atoms with van der Waals surface area (Å²) < 4.78 is 6.93. The Bertz CT molecular complexity index is 426. The van der Waals surface area contributed by atoms with Crippen molar-refractivity contribution in [2.45, 2.75) is 25.5 Å². The van der Waals surface area contributed by atoms with E-state index >= 15 is 0 Å². The Morgan fingerprint density at radius 1 is 1.50 bits per heavy atom. The van der Waals surface area contributed by atoms with Crippen LogP contribution in [0.15, 0.2) is 22.7 Å². The quantitative estimate of drug-likeness (QED) is 0.869. The third-order valence-electron chi connectivity index (χ3n) is 3.66. The normalized spacial score (nSPS) is 24.0. The van der Waals surface area contributed by atoms with Crippen molar-refractivity contribution in [3.8, 4) is 0 Å². The molecule has 1 aromatic rings. The standard InChI is InChI=1S/C15H22BrClN2O/c1-3-6-19-7-8-20-14(10-18-2)15(19)11-4-5-13(17)12(16)9-11/h4-5,9,14-15,18H,3,6-8,10H2,1-2H3. The first kappa shape index (κ1) is 16.2. The molecule has 2 rings (SSSR count). The lowest BCUT2D eigenvalue weighted by atomic mass is 9.97. The summed E-state index contributed by atoms with van der Waals surface area (Å²) in [6, 6.07) is 6.46. The second-order valence-electron chi connectivity index (χ2n) is 5.12. The molecule has 1 N–H and O–H groups in total. The molecule has 0 spiro atoms. The van der Waals surface area contributed by atoms with Crippen molar-refractivity contribution in [1.82, 2.24) is 10.2 Å². The van der Waals surface area contributed by atoms with Crippen molar-refractivity contribution in [1.29, 1.82) is 0 Å². The zero-order valence-electron chi connectivity index (χ0n) is 12.0. The molecule has 0 amide bonds. The van der Waals surface area contributed by atoms with Gasteiger partial charge >= 0.3 is 0 Å². The van der Waals surface area contributed by atoms with Crippen LogP contribution in [0.25, 0.3) is 0 Å². The Morgan fingerprint density at radius 3 is 2.95 bits per heavy atom. The lowest BCUT2D eigenvalue weighted by Gasteiger charge is -2.41. The van der Waals surface area contributed by atoms with Crippen LogP contribution in [0.4, 0.5) is 0 Å². The van der Waals surface area contributed by atoms with Crippen LogP contribution < -0.4 is 5.32 Å². The first-order valence-corrected chi connectivity index (χ1v) is 8.29. The van der Waals surface area contributed by atoms with Gasteiger partial charge in [0.1, 0.15) is 0 Å². The molecule has 20 heavy (non-hydrogen) atoms. The van der Waals surface area contributed by atoms with E-state index in [2.05, 4.69) is 45.2 Å². The molecule has 0 aliphatic carbocycles. The molecule has 1 aromatic carbocycles. The van der Waals surface area contributed by atoms with Crippen molar-refractivity contribution >= 4 is 27.5 Å². The van der Waals surface area contributed by atoms with Gasteiger partial charge in [-0.15, -0.1) is 0 Å². The van der Waals surface area contributed by atoms with Gasteiger partial charge in [0.05, 0.1) is 23.8 Å². The van der Waals surface area contributed by atoms with Gasteiger partial charge in [-0.25, -0.2) is 0 Å². The highest BCUT2D eigenvalue weighted by molar-refractivity contribution is 9.10. The third-order valence-corrected chi connectivity index (χ3v) is 4.87. The van der Waals surface area contributed by atoms with Crippen LogP contribution in [0.5, 0.6) is 0 Å². The summed E-state index contributed by atoms with van der Waals surface area (Å²) >= 11 is 9.63. The zero-order chi connectivity index (χ0) is 14.5. The van der Waals surface area contributed by atoms with Crippen LogP contribution in [0.3, 0.4) is 0 Å². The van der Waals surface area contributed by atoms with Gasteiger partial charge in [0.15, 0.2) is 0 Å². The molecule has 2 unspecified atom stereocenters. The Balaban J connectivity index is 2.29. The molecule has 1 fully saturated rings. The maximum absolute atomic E-state index is 6.11. The minimum atomic E-state index is 0.174. The van der Waals surface area contributed by atoms with Gasteiger partial charge in [0, 0.05) is 17.6 Å². The molecule has 0 bridgehead atoms. The highest BCUT2D eigenvalue weighted by Crippen LogP contribution is 2.33. The lowest BCUT2D eigenvalue weighted by Crippen LogP contribution is -2.48. The van der Waals surface area contributed by atoms with E-state index in [-0.39, 0.29) is 12.1 Å². The van der Waals surface area contributed by atoms with E-state index in [0.29, 0.717) is 0 Å². The largest absolute Gasteiger partial charge is 0.374 e. The Morgan fingerprint density at radius 2 is 2.30 bits per heavy atom. The molecule has 3 nitrogen and oxygen atoms in total. The first-order valence-electron chi connectivity index (χ1n) is 7.12. The first-order chi connectivity index (χ1) is 9.67. The maximum atomic E-state index is 6.11. The molecule has 0 saturated carbocycles. The number of nitrogens with zero attached hydrogens (tertiary/aromatic N) is 1. The molecule has 5 heteroatoms. The van der Waals surface area contributed by atoms with Crippen LogP contribution in [-0.2, 0) is 4.74 Å². The van der Waals surface area contributed by atoms with Crippen molar-refractivity contribution in [2.75, 3.05) is 33.3 Å². The summed E-state index contributed by atoms with van der Waals surface area (Å²) in [5.41, 5.74) is 1.26. The Hall–Kier alpha value is -0.130. The minimum Gasteiger partial charge on any atom is -0.374 e. The fourth-order valence-corrected chi connectivity index (χ4v) is 3.33. The van der Waals surface area contributed by atoms with Gasteiger partial charge < -0.3 is 10.1 Å². The number of benzene rings is 1. The molecule has 0 aromatic heterocycles. The van der Waals surface area contributed by atoms with E-state index in [9.17, 15) is 0 Å². The number of nitrogens with one attached hydrogen (secondary N) is 1. The summed E-state index contributed by atoms with van der Waals surface area (Å²) in [5, 5.41) is 3.98. The van der Waals surface area contributed by atoms with E-state index in [1.807, 2.05) is 13.1 Å². The van der Waals surface area contributed by atoms with Crippen molar-refractivity contribution in [3.05, 3.63) is 33.3 Å². The van der Waals surface area contributed by atoms with E-state index in [1.54, 1.807) is 0 Å². The molecule has 1 heterocycles. The van der Waals surface area contributed by atoms with Gasteiger partial charge in [0.2, 0.25) is 0 Å². The van der Waals surface area contributed by atoms with Crippen LogP contribution in [-0.4, -0.2) is 44.3 Å². The van der Waals surface area contributed by atoms with Crippen molar-refractivity contribution < 1.29 is 4.74 Å². The molecule has 112 valence electrons. The van der Waals surface area contributed by atoms with Crippen molar-refractivity contribution in [3.63, 3.8) is 0 Å². The SMILES string of the molecule is CCCN1CCOC(CNC)C1c1ccc(Cl)c(Br)c1. The van der Waals surface area contributed by atoms with E-state index in [1.165, 1.54) is 5.56 Å². The molecular weight excluding hydrogens is 340 g/mol. The smallest absolute Gasteiger partial charge is 0.0896 e. The molecule has 1 aliphatic rings. The van der Waals surface area contributed by atoms with Gasteiger partial charge in [0.25, 0.3) is 0 Å². The summed E-state index contributed by atoms with van der Waals surface area (Å²) in [6.45, 7) is 5.95. The van der Waals surface area contributed by atoms with Crippen LogP contribution in [0.2, 0.25) is 5.02 Å².